The molecule has 0 radical (unpaired) electrons. The van der Waals surface area contributed by atoms with Crippen LogP contribution in [0.3, 0.4) is 0 Å². The van der Waals surface area contributed by atoms with Gasteiger partial charge in [-0.1, -0.05) is 30.7 Å². The van der Waals surface area contributed by atoms with Gasteiger partial charge in [0.1, 0.15) is 0 Å². The molecule has 0 bridgehead atoms. The van der Waals surface area contributed by atoms with Gasteiger partial charge in [-0.05, 0) is 48.6 Å². The molecule has 1 N–H and O–H groups in total. The standard InChI is InChI=1S/C15H16ClNS/c1-2-10-3-5-11(6-4-10)17-13-7-8-14-12(13)9-15(16)18-14/h3-6,9,13,17H,2,7-8H2,1H3. The molecule has 1 aliphatic rings. The van der Waals surface area contributed by atoms with Crippen LogP contribution in [-0.2, 0) is 12.8 Å². The normalized spacial score (nSPS) is 17.8. The van der Waals surface area contributed by atoms with Gasteiger partial charge in [0.05, 0.1) is 10.4 Å². The van der Waals surface area contributed by atoms with Crippen molar-refractivity contribution in [2.75, 3.05) is 5.32 Å². The molecule has 94 valence electrons. The van der Waals surface area contributed by atoms with Crippen molar-refractivity contribution in [1.29, 1.82) is 0 Å². The molecular formula is C15H16ClNS. The maximum Gasteiger partial charge on any atom is 0.0934 e. The van der Waals surface area contributed by atoms with Crippen LogP contribution < -0.4 is 5.32 Å². The summed E-state index contributed by atoms with van der Waals surface area (Å²) in [5.41, 5.74) is 3.98. The Hall–Kier alpha value is -0.990. The molecule has 0 saturated carbocycles. The van der Waals surface area contributed by atoms with Crippen molar-refractivity contribution in [2.45, 2.75) is 32.2 Å². The Labute approximate surface area is 117 Å². The van der Waals surface area contributed by atoms with E-state index in [1.165, 1.54) is 28.1 Å². The summed E-state index contributed by atoms with van der Waals surface area (Å²) >= 11 is 7.80. The summed E-state index contributed by atoms with van der Waals surface area (Å²) in [5.74, 6) is 0. The molecule has 1 aromatic heterocycles. The van der Waals surface area contributed by atoms with E-state index in [4.69, 9.17) is 11.6 Å². The Bertz CT molecular complexity index is 544. The summed E-state index contributed by atoms with van der Waals surface area (Å²) in [6.07, 6.45) is 3.42. The molecule has 3 heteroatoms. The van der Waals surface area contributed by atoms with Crippen molar-refractivity contribution in [3.63, 3.8) is 0 Å². The Morgan fingerprint density at radius 1 is 1.33 bits per heavy atom. The van der Waals surface area contributed by atoms with E-state index in [-0.39, 0.29) is 0 Å². The van der Waals surface area contributed by atoms with Crippen LogP contribution in [0.15, 0.2) is 30.3 Å². The first kappa shape index (κ1) is 12.1. The number of rotatable bonds is 3. The molecule has 1 nitrogen and oxygen atoms in total. The monoisotopic (exact) mass is 277 g/mol. The second kappa shape index (κ2) is 4.94. The number of aryl methyl sites for hydroxylation is 2. The SMILES string of the molecule is CCc1ccc(NC2CCc3sc(Cl)cc32)cc1. The Morgan fingerprint density at radius 3 is 2.83 bits per heavy atom. The van der Waals surface area contributed by atoms with Crippen LogP contribution >= 0.6 is 22.9 Å². The summed E-state index contributed by atoms with van der Waals surface area (Å²) in [7, 11) is 0. The zero-order valence-electron chi connectivity index (χ0n) is 10.4. The first-order chi connectivity index (χ1) is 8.76. The third-order valence-electron chi connectivity index (χ3n) is 3.55. The molecule has 0 fully saturated rings. The lowest BCUT2D eigenvalue weighted by molar-refractivity contribution is 0.762. The molecule has 1 heterocycles. The second-order valence-corrected chi connectivity index (χ2v) is 6.48. The molecule has 0 amide bonds. The van der Waals surface area contributed by atoms with E-state index in [0.717, 1.165) is 17.2 Å². The Balaban J connectivity index is 1.77. The fourth-order valence-electron chi connectivity index (χ4n) is 2.52. The van der Waals surface area contributed by atoms with Crippen LogP contribution in [0.2, 0.25) is 4.34 Å². The summed E-state index contributed by atoms with van der Waals surface area (Å²) in [6, 6.07) is 11.3. The van der Waals surface area contributed by atoms with Crippen LogP contribution in [0.1, 0.15) is 35.4 Å². The Morgan fingerprint density at radius 2 is 2.11 bits per heavy atom. The number of benzene rings is 1. The predicted octanol–water partition coefficient (Wildman–Crippen LogP) is 5.06. The molecular weight excluding hydrogens is 262 g/mol. The molecule has 0 aliphatic heterocycles. The van der Waals surface area contributed by atoms with Crippen LogP contribution in [-0.4, -0.2) is 0 Å². The van der Waals surface area contributed by atoms with Crippen molar-refractivity contribution < 1.29 is 0 Å². The summed E-state index contributed by atoms with van der Waals surface area (Å²) in [5, 5.41) is 3.61. The molecule has 3 rings (SSSR count). The maximum atomic E-state index is 6.08. The van der Waals surface area contributed by atoms with E-state index in [1.807, 2.05) is 0 Å². The summed E-state index contributed by atoms with van der Waals surface area (Å²) in [4.78, 5) is 1.45. The van der Waals surface area contributed by atoms with E-state index in [1.54, 1.807) is 11.3 Å². The fourth-order valence-corrected chi connectivity index (χ4v) is 3.88. The van der Waals surface area contributed by atoms with Gasteiger partial charge in [0.25, 0.3) is 0 Å². The van der Waals surface area contributed by atoms with Crippen molar-refractivity contribution in [3.05, 3.63) is 50.7 Å². The van der Waals surface area contributed by atoms with Crippen LogP contribution in [0.5, 0.6) is 0 Å². The number of anilines is 1. The first-order valence-electron chi connectivity index (χ1n) is 6.40. The number of hydrogen-bond donors (Lipinski definition) is 1. The highest BCUT2D eigenvalue weighted by Gasteiger charge is 2.24. The van der Waals surface area contributed by atoms with Crippen LogP contribution in [0.25, 0.3) is 0 Å². The molecule has 1 atom stereocenters. The summed E-state index contributed by atoms with van der Waals surface area (Å²) < 4.78 is 0.910. The van der Waals surface area contributed by atoms with Gasteiger partial charge in [0, 0.05) is 10.6 Å². The second-order valence-electron chi connectivity index (χ2n) is 4.72. The zero-order chi connectivity index (χ0) is 12.5. The van der Waals surface area contributed by atoms with Gasteiger partial charge in [-0.3, -0.25) is 0 Å². The van der Waals surface area contributed by atoms with E-state index >= 15 is 0 Å². The molecule has 0 saturated heterocycles. The van der Waals surface area contributed by atoms with E-state index < -0.39 is 0 Å². The minimum Gasteiger partial charge on any atom is -0.378 e. The maximum absolute atomic E-state index is 6.08. The number of fused-ring (bicyclic) bond motifs is 1. The molecule has 1 aromatic carbocycles. The molecule has 0 spiro atoms. The van der Waals surface area contributed by atoms with Gasteiger partial charge in [-0.15, -0.1) is 11.3 Å². The minimum atomic E-state index is 0.427. The van der Waals surface area contributed by atoms with Gasteiger partial charge in [0.15, 0.2) is 0 Å². The number of thiophene rings is 1. The van der Waals surface area contributed by atoms with Gasteiger partial charge >= 0.3 is 0 Å². The third kappa shape index (κ3) is 2.27. The number of nitrogens with one attached hydrogen (secondary N) is 1. The highest BCUT2D eigenvalue weighted by Crippen LogP contribution is 2.40. The molecule has 18 heavy (non-hydrogen) atoms. The minimum absolute atomic E-state index is 0.427. The van der Waals surface area contributed by atoms with E-state index in [9.17, 15) is 0 Å². The molecule has 2 aromatic rings. The lowest BCUT2D eigenvalue weighted by atomic mass is 10.1. The van der Waals surface area contributed by atoms with Gasteiger partial charge < -0.3 is 5.32 Å². The average molecular weight is 278 g/mol. The Kier molecular flexibility index (Phi) is 3.31. The quantitative estimate of drug-likeness (QED) is 0.826. The molecule has 1 unspecified atom stereocenters. The first-order valence-corrected chi connectivity index (χ1v) is 7.59. The highest BCUT2D eigenvalue weighted by atomic mass is 35.5. The lowest BCUT2D eigenvalue weighted by Crippen LogP contribution is -2.06. The van der Waals surface area contributed by atoms with E-state index in [2.05, 4.69) is 42.6 Å². The largest absolute Gasteiger partial charge is 0.378 e. The average Bonchev–Trinajstić information content (AvgIpc) is 2.91. The fraction of sp³-hybridized carbons (Fsp3) is 0.333. The highest BCUT2D eigenvalue weighted by molar-refractivity contribution is 7.16. The predicted molar refractivity (Wildman–Crippen MR) is 79.8 cm³/mol. The third-order valence-corrected chi connectivity index (χ3v) is 4.89. The number of halogens is 1. The van der Waals surface area contributed by atoms with Crippen molar-refractivity contribution >= 4 is 28.6 Å². The molecule has 1 aliphatic carbocycles. The van der Waals surface area contributed by atoms with Crippen molar-refractivity contribution in [3.8, 4) is 0 Å². The van der Waals surface area contributed by atoms with Gasteiger partial charge in [0.2, 0.25) is 0 Å². The van der Waals surface area contributed by atoms with Gasteiger partial charge in [-0.25, -0.2) is 0 Å². The number of hydrogen-bond acceptors (Lipinski definition) is 2. The van der Waals surface area contributed by atoms with E-state index in [0.29, 0.717) is 6.04 Å². The van der Waals surface area contributed by atoms with Gasteiger partial charge in [-0.2, -0.15) is 0 Å². The van der Waals surface area contributed by atoms with Crippen LogP contribution in [0.4, 0.5) is 5.69 Å². The topological polar surface area (TPSA) is 12.0 Å². The van der Waals surface area contributed by atoms with Crippen molar-refractivity contribution in [2.24, 2.45) is 0 Å². The van der Waals surface area contributed by atoms with Crippen LogP contribution in [0, 0.1) is 0 Å². The zero-order valence-corrected chi connectivity index (χ0v) is 11.9. The van der Waals surface area contributed by atoms with Crippen molar-refractivity contribution in [1.82, 2.24) is 0 Å². The lowest BCUT2D eigenvalue weighted by Gasteiger charge is -2.14. The smallest absolute Gasteiger partial charge is 0.0934 e. The summed E-state index contributed by atoms with van der Waals surface area (Å²) in [6.45, 7) is 2.18.